The number of aromatic nitrogens is 1. The van der Waals surface area contributed by atoms with Crippen LogP contribution >= 0.6 is 0 Å². The lowest BCUT2D eigenvalue weighted by molar-refractivity contribution is 0.1000. The van der Waals surface area contributed by atoms with Gasteiger partial charge in [0, 0.05) is 41.3 Å². The van der Waals surface area contributed by atoms with E-state index in [1.165, 1.54) is 22.2 Å². The van der Waals surface area contributed by atoms with Crippen molar-refractivity contribution in [3.05, 3.63) is 70.9 Å². The van der Waals surface area contributed by atoms with E-state index in [2.05, 4.69) is 47.1 Å². The van der Waals surface area contributed by atoms with Crippen molar-refractivity contribution in [2.45, 2.75) is 25.9 Å². The second-order valence-corrected chi connectivity index (χ2v) is 6.52. The quantitative estimate of drug-likeness (QED) is 0.777. The predicted molar refractivity (Wildman–Crippen MR) is 95.8 cm³/mol. The third-order valence-electron chi connectivity index (χ3n) is 5.06. The zero-order valence-electron chi connectivity index (χ0n) is 13.8. The second-order valence-electron chi connectivity index (χ2n) is 6.52. The Labute approximate surface area is 141 Å². The summed E-state index contributed by atoms with van der Waals surface area (Å²) in [5.74, 6) is -0.374. The number of nitrogens with zero attached hydrogens (tertiary/aromatic N) is 1. The Morgan fingerprint density at radius 2 is 2.08 bits per heavy atom. The Morgan fingerprint density at radius 1 is 1.25 bits per heavy atom. The van der Waals surface area contributed by atoms with E-state index in [4.69, 9.17) is 5.73 Å². The molecule has 1 atom stereocenters. The maximum absolute atomic E-state index is 11.4. The normalized spacial score (nSPS) is 17.8. The fraction of sp³-hybridized carbons (Fsp3) is 0.250. The molecule has 24 heavy (non-hydrogen) atoms. The van der Waals surface area contributed by atoms with Crippen LogP contribution < -0.4 is 5.73 Å². The van der Waals surface area contributed by atoms with Crippen molar-refractivity contribution in [3.63, 3.8) is 0 Å². The van der Waals surface area contributed by atoms with E-state index in [0.29, 0.717) is 11.6 Å². The number of rotatable bonds is 3. The van der Waals surface area contributed by atoms with E-state index in [1.54, 1.807) is 6.07 Å². The first-order valence-electron chi connectivity index (χ1n) is 8.36. The SMILES string of the molecule is C[C@@H]1c2[nH]c3ccccc3c2CCN1Cc1cccc(C(N)=O)c1. The molecule has 1 aliphatic heterocycles. The Bertz CT molecular complexity index is 912. The van der Waals surface area contributed by atoms with E-state index >= 15 is 0 Å². The van der Waals surface area contributed by atoms with Crippen molar-refractivity contribution in [2.75, 3.05) is 6.54 Å². The number of para-hydroxylation sites is 1. The first-order valence-corrected chi connectivity index (χ1v) is 8.36. The van der Waals surface area contributed by atoms with Gasteiger partial charge in [0.15, 0.2) is 0 Å². The van der Waals surface area contributed by atoms with Crippen molar-refractivity contribution in [1.82, 2.24) is 9.88 Å². The van der Waals surface area contributed by atoms with Crippen molar-refractivity contribution < 1.29 is 4.79 Å². The van der Waals surface area contributed by atoms with Gasteiger partial charge in [-0.05, 0) is 42.7 Å². The van der Waals surface area contributed by atoms with Crippen LogP contribution in [0.1, 0.15) is 40.1 Å². The minimum Gasteiger partial charge on any atom is -0.366 e. The van der Waals surface area contributed by atoms with E-state index in [1.807, 2.05) is 12.1 Å². The molecule has 3 N–H and O–H groups in total. The summed E-state index contributed by atoms with van der Waals surface area (Å²) in [6.07, 6.45) is 1.04. The highest BCUT2D eigenvalue weighted by Gasteiger charge is 2.27. The number of hydrogen-bond donors (Lipinski definition) is 2. The van der Waals surface area contributed by atoms with Crippen LogP contribution in [0.5, 0.6) is 0 Å². The van der Waals surface area contributed by atoms with Gasteiger partial charge in [-0.25, -0.2) is 0 Å². The van der Waals surface area contributed by atoms with Crippen LogP contribution in [0.15, 0.2) is 48.5 Å². The van der Waals surface area contributed by atoms with Crippen LogP contribution in [0.2, 0.25) is 0 Å². The Hall–Kier alpha value is -2.59. The molecule has 4 rings (SSSR count). The lowest BCUT2D eigenvalue weighted by Gasteiger charge is -2.33. The van der Waals surface area contributed by atoms with Gasteiger partial charge in [-0.1, -0.05) is 30.3 Å². The van der Waals surface area contributed by atoms with Gasteiger partial charge in [0.2, 0.25) is 5.91 Å². The number of primary amides is 1. The third-order valence-corrected chi connectivity index (χ3v) is 5.06. The molecular formula is C20H21N3O. The van der Waals surface area contributed by atoms with Gasteiger partial charge in [0.05, 0.1) is 0 Å². The number of aromatic amines is 1. The summed E-state index contributed by atoms with van der Waals surface area (Å²) in [5, 5.41) is 1.34. The summed E-state index contributed by atoms with van der Waals surface area (Å²) in [6, 6.07) is 16.4. The molecular weight excluding hydrogens is 298 g/mol. The number of nitrogens with one attached hydrogen (secondary N) is 1. The van der Waals surface area contributed by atoms with E-state index in [0.717, 1.165) is 25.1 Å². The lowest BCUT2D eigenvalue weighted by Crippen LogP contribution is -2.33. The predicted octanol–water partition coefficient (Wildman–Crippen LogP) is 3.39. The molecule has 0 saturated heterocycles. The zero-order valence-corrected chi connectivity index (χ0v) is 13.8. The summed E-state index contributed by atoms with van der Waals surface area (Å²) < 4.78 is 0. The van der Waals surface area contributed by atoms with Gasteiger partial charge in [0.25, 0.3) is 0 Å². The average Bonchev–Trinajstić information content (AvgIpc) is 2.97. The maximum atomic E-state index is 11.4. The number of amides is 1. The topological polar surface area (TPSA) is 62.1 Å². The molecule has 4 heteroatoms. The van der Waals surface area contributed by atoms with Crippen molar-refractivity contribution >= 4 is 16.8 Å². The molecule has 4 nitrogen and oxygen atoms in total. The summed E-state index contributed by atoms with van der Waals surface area (Å²) in [5.41, 5.74) is 11.1. The largest absolute Gasteiger partial charge is 0.366 e. The molecule has 0 aliphatic carbocycles. The first kappa shape index (κ1) is 15.0. The summed E-state index contributed by atoms with van der Waals surface area (Å²) in [7, 11) is 0. The molecule has 0 bridgehead atoms. The lowest BCUT2D eigenvalue weighted by atomic mass is 9.97. The Morgan fingerprint density at radius 3 is 2.92 bits per heavy atom. The number of carbonyl (C=O) groups excluding carboxylic acids is 1. The fourth-order valence-electron chi connectivity index (χ4n) is 3.75. The second kappa shape index (κ2) is 5.80. The fourth-order valence-corrected chi connectivity index (χ4v) is 3.75. The summed E-state index contributed by atoms with van der Waals surface area (Å²) >= 11 is 0. The molecule has 2 heterocycles. The third kappa shape index (κ3) is 2.49. The van der Waals surface area contributed by atoms with Gasteiger partial charge in [0.1, 0.15) is 0 Å². The Kier molecular flexibility index (Phi) is 3.62. The highest BCUT2D eigenvalue weighted by molar-refractivity contribution is 5.92. The van der Waals surface area contributed by atoms with Gasteiger partial charge in [-0.2, -0.15) is 0 Å². The van der Waals surface area contributed by atoms with Gasteiger partial charge in [-0.15, -0.1) is 0 Å². The van der Waals surface area contributed by atoms with Gasteiger partial charge < -0.3 is 10.7 Å². The highest BCUT2D eigenvalue weighted by atomic mass is 16.1. The van der Waals surface area contributed by atoms with Crippen molar-refractivity contribution in [3.8, 4) is 0 Å². The molecule has 122 valence electrons. The average molecular weight is 319 g/mol. The Balaban J connectivity index is 1.62. The smallest absolute Gasteiger partial charge is 0.248 e. The van der Waals surface area contributed by atoms with Crippen LogP contribution in [-0.2, 0) is 13.0 Å². The van der Waals surface area contributed by atoms with Crippen LogP contribution in [-0.4, -0.2) is 22.3 Å². The number of carbonyl (C=O) groups is 1. The zero-order chi connectivity index (χ0) is 16.7. The minimum absolute atomic E-state index is 0.318. The van der Waals surface area contributed by atoms with Crippen molar-refractivity contribution in [1.29, 1.82) is 0 Å². The minimum atomic E-state index is -0.374. The highest BCUT2D eigenvalue weighted by Crippen LogP contribution is 2.34. The maximum Gasteiger partial charge on any atom is 0.248 e. The molecule has 0 radical (unpaired) electrons. The van der Waals surface area contributed by atoms with Crippen molar-refractivity contribution in [2.24, 2.45) is 5.73 Å². The number of H-pyrrole nitrogens is 1. The molecule has 0 unspecified atom stereocenters. The summed E-state index contributed by atoms with van der Waals surface area (Å²) in [4.78, 5) is 17.4. The number of fused-ring (bicyclic) bond motifs is 3. The summed E-state index contributed by atoms with van der Waals surface area (Å²) in [6.45, 7) is 4.07. The number of hydrogen-bond acceptors (Lipinski definition) is 2. The monoisotopic (exact) mass is 319 g/mol. The number of benzene rings is 2. The molecule has 2 aromatic carbocycles. The van der Waals surface area contributed by atoms with Gasteiger partial charge in [-0.3, -0.25) is 9.69 Å². The van der Waals surface area contributed by atoms with E-state index in [-0.39, 0.29) is 5.91 Å². The molecule has 0 saturated carbocycles. The standard InChI is InChI=1S/C20H21N3O/c1-13-19-17(16-7-2-3-8-18(16)22-19)9-10-23(13)12-14-5-4-6-15(11-14)20(21)24/h2-8,11,13,22H,9-10,12H2,1H3,(H2,21,24)/t13-/m1/s1. The molecule has 1 aliphatic rings. The van der Waals surface area contributed by atoms with E-state index < -0.39 is 0 Å². The molecule has 3 aromatic rings. The van der Waals surface area contributed by atoms with Crippen LogP contribution in [0.3, 0.4) is 0 Å². The number of nitrogens with two attached hydrogens (primary N) is 1. The van der Waals surface area contributed by atoms with Crippen LogP contribution in [0.25, 0.3) is 10.9 Å². The molecule has 0 spiro atoms. The first-order chi connectivity index (χ1) is 11.6. The van der Waals surface area contributed by atoms with Crippen LogP contribution in [0, 0.1) is 0 Å². The molecule has 1 amide bonds. The van der Waals surface area contributed by atoms with E-state index in [9.17, 15) is 4.79 Å². The molecule has 0 fully saturated rings. The van der Waals surface area contributed by atoms with Crippen LogP contribution in [0.4, 0.5) is 0 Å². The molecule has 1 aromatic heterocycles. The van der Waals surface area contributed by atoms with Gasteiger partial charge >= 0.3 is 0 Å².